The lowest BCUT2D eigenvalue weighted by molar-refractivity contribution is 0.477. The summed E-state index contributed by atoms with van der Waals surface area (Å²) in [6.07, 6.45) is 1.22. The minimum atomic E-state index is -3.31. The van der Waals surface area contributed by atoms with Crippen molar-refractivity contribution < 1.29 is 13.2 Å². The molecule has 0 N–H and O–H groups in total. The lowest BCUT2D eigenvalue weighted by Gasteiger charge is -2.33. The van der Waals surface area contributed by atoms with E-state index in [-0.39, 0.29) is 4.90 Å². The van der Waals surface area contributed by atoms with Crippen molar-refractivity contribution in [1.82, 2.24) is 4.98 Å². The van der Waals surface area contributed by atoms with Crippen molar-refractivity contribution in [3.63, 3.8) is 0 Å². The summed E-state index contributed by atoms with van der Waals surface area (Å²) in [4.78, 5) is 7.77. The van der Waals surface area contributed by atoms with E-state index in [1.807, 2.05) is 66.7 Å². The van der Waals surface area contributed by atoms with Crippen LogP contribution in [-0.2, 0) is 9.84 Å². The third kappa shape index (κ3) is 4.33. The number of anilines is 3. The Labute approximate surface area is 239 Å². The van der Waals surface area contributed by atoms with Crippen LogP contribution in [0, 0.1) is 6.92 Å². The van der Waals surface area contributed by atoms with Gasteiger partial charge in [-0.15, -0.1) is 0 Å². The molecule has 5 nitrogen and oxygen atoms in total. The Morgan fingerprint density at radius 2 is 1.27 bits per heavy atom. The van der Waals surface area contributed by atoms with Crippen molar-refractivity contribution in [2.75, 3.05) is 11.2 Å². The van der Waals surface area contributed by atoms with Crippen LogP contribution in [0.15, 0.2) is 126 Å². The van der Waals surface area contributed by atoms with E-state index in [0.717, 1.165) is 67.4 Å². The fourth-order valence-electron chi connectivity index (χ4n) is 5.51. The van der Waals surface area contributed by atoms with Crippen molar-refractivity contribution in [1.29, 1.82) is 0 Å². The van der Waals surface area contributed by atoms with Gasteiger partial charge < -0.3 is 9.64 Å². The molecule has 200 valence electrons. The highest BCUT2D eigenvalue weighted by atomic mass is 32.2. The summed E-state index contributed by atoms with van der Waals surface area (Å²) in [5.41, 5.74) is 8.50. The Morgan fingerprint density at radius 3 is 1.90 bits per heavy atom. The molecule has 0 amide bonds. The maximum absolute atomic E-state index is 12.1. The van der Waals surface area contributed by atoms with Gasteiger partial charge in [0.25, 0.3) is 0 Å². The summed E-state index contributed by atoms with van der Waals surface area (Å²) in [5.74, 6) is 1.55. The minimum absolute atomic E-state index is 0.281. The van der Waals surface area contributed by atoms with Crippen molar-refractivity contribution >= 4 is 37.8 Å². The van der Waals surface area contributed by atoms with Crippen molar-refractivity contribution in [2.24, 2.45) is 0 Å². The third-order valence-electron chi connectivity index (χ3n) is 7.48. The van der Waals surface area contributed by atoms with Crippen LogP contribution in [0.4, 0.5) is 17.1 Å². The van der Waals surface area contributed by atoms with E-state index in [0.29, 0.717) is 0 Å². The molecule has 0 saturated carbocycles. The molecule has 0 bridgehead atoms. The van der Waals surface area contributed by atoms with E-state index in [2.05, 4.69) is 54.3 Å². The second kappa shape index (κ2) is 9.61. The second-order valence-corrected chi connectivity index (χ2v) is 12.2. The molecule has 6 aromatic rings. The average molecular weight is 555 g/mol. The van der Waals surface area contributed by atoms with Gasteiger partial charge in [0.1, 0.15) is 0 Å². The number of benzene rings is 5. The quantitative estimate of drug-likeness (QED) is 0.217. The summed E-state index contributed by atoms with van der Waals surface area (Å²) in [6.45, 7) is 2.11. The van der Waals surface area contributed by atoms with Gasteiger partial charge in [-0.3, -0.25) is 0 Å². The third-order valence-corrected chi connectivity index (χ3v) is 8.61. The number of para-hydroxylation sites is 4. The van der Waals surface area contributed by atoms with Crippen LogP contribution in [0.25, 0.3) is 33.3 Å². The Bertz CT molecular complexity index is 2010. The molecule has 0 aliphatic carbocycles. The van der Waals surface area contributed by atoms with Crippen molar-refractivity contribution in [3.8, 4) is 33.9 Å². The van der Waals surface area contributed by atoms with Gasteiger partial charge in [0.05, 0.1) is 33.2 Å². The highest BCUT2D eigenvalue weighted by molar-refractivity contribution is 7.90. The fourth-order valence-corrected chi connectivity index (χ4v) is 6.14. The van der Waals surface area contributed by atoms with Crippen LogP contribution < -0.4 is 9.64 Å². The van der Waals surface area contributed by atoms with Gasteiger partial charge >= 0.3 is 0 Å². The smallest absolute Gasteiger partial charge is 0.175 e. The van der Waals surface area contributed by atoms with Crippen LogP contribution >= 0.6 is 0 Å². The molecule has 2 heterocycles. The van der Waals surface area contributed by atoms with E-state index < -0.39 is 9.84 Å². The summed E-state index contributed by atoms with van der Waals surface area (Å²) in [5, 5.41) is 1.06. The van der Waals surface area contributed by atoms with E-state index >= 15 is 0 Å². The number of aryl methyl sites for hydroxylation is 1. The van der Waals surface area contributed by atoms with Crippen LogP contribution in [0.5, 0.6) is 11.5 Å². The second-order valence-electron chi connectivity index (χ2n) is 10.2. The lowest BCUT2D eigenvalue weighted by Crippen LogP contribution is -2.16. The number of nitrogens with zero attached hydrogens (tertiary/aromatic N) is 2. The number of hydrogen-bond donors (Lipinski definition) is 0. The number of rotatable bonds is 4. The Morgan fingerprint density at radius 1 is 0.659 bits per heavy atom. The molecule has 41 heavy (non-hydrogen) atoms. The topological polar surface area (TPSA) is 59.5 Å². The molecule has 0 saturated heterocycles. The zero-order valence-electron chi connectivity index (χ0n) is 22.6. The van der Waals surface area contributed by atoms with E-state index in [1.165, 1.54) is 6.26 Å². The number of aromatic nitrogens is 1. The van der Waals surface area contributed by atoms with Gasteiger partial charge in [-0.05, 0) is 72.1 Å². The summed E-state index contributed by atoms with van der Waals surface area (Å²) < 4.78 is 30.5. The van der Waals surface area contributed by atoms with Crippen LogP contribution in [0.3, 0.4) is 0 Å². The van der Waals surface area contributed by atoms with E-state index in [1.54, 1.807) is 12.1 Å². The van der Waals surface area contributed by atoms with Crippen LogP contribution in [-0.4, -0.2) is 19.7 Å². The molecule has 0 radical (unpaired) electrons. The first-order chi connectivity index (χ1) is 19.9. The molecule has 1 aromatic heterocycles. The highest BCUT2D eigenvalue weighted by Gasteiger charge is 2.28. The molecule has 7 rings (SSSR count). The van der Waals surface area contributed by atoms with Crippen LogP contribution in [0.1, 0.15) is 5.56 Å². The summed E-state index contributed by atoms with van der Waals surface area (Å²) >= 11 is 0. The first-order valence-electron chi connectivity index (χ1n) is 13.3. The largest absolute Gasteiger partial charge is 0.453 e. The molecule has 0 fully saturated rings. The van der Waals surface area contributed by atoms with Gasteiger partial charge in [0.15, 0.2) is 21.3 Å². The first kappa shape index (κ1) is 25.1. The maximum Gasteiger partial charge on any atom is 0.175 e. The predicted molar refractivity (Wildman–Crippen MR) is 165 cm³/mol. The van der Waals surface area contributed by atoms with Gasteiger partial charge in [0.2, 0.25) is 0 Å². The SMILES string of the molecule is Cc1ccc(N2c3ccccc3Oc3ccccc32)c2nc(-c3ccc(S(C)(=O)=O)cc3)cc(-c3ccccc3)c12. The Balaban J connectivity index is 1.55. The average Bonchev–Trinajstić information content (AvgIpc) is 3.00. The lowest BCUT2D eigenvalue weighted by atomic mass is 9.94. The van der Waals surface area contributed by atoms with Crippen molar-refractivity contribution in [2.45, 2.75) is 11.8 Å². The first-order valence-corrected chi connectivity index (χ1v) is 15.2. The minimum Gasteiger partial charge on any atom is -0.453 e. The molecule has 5 aromatic carbocycles. The predicted octanol–water partition coefficient (Wildman–Crippen LogP) is 8.86. The summed E-state index contributed by atoms with van der Waals surface area (Å²) in [7, 11) is -3.31. The molecule has 0 unspecified atom stereocenters. The number of pyridine rings is 1. The van der Waals surface area contributed by atoms with Crippen LogP contribution in [0.2, 0.25) is 0 Å². The number of sulfone groups is 1. The Kier molecular flexibility index (Phi) is 5.87. The molecular weight excluding hydrogens is 528 g/mol. The monoisotopic (exact) mass is 554 g/mol. The molecular formula is C35H26N2O3S. The van der Waals surface area contributed by atoms with Gasteiger partial charge in [-0.25, -0.2) is 13.4 Å². The fraction of sp³-hybridized carbons (Fsp3) is 0.0571. The maximum atomic E-state index is 12.1. The highest BCUT2D eigenvalue weighted by Crippen LogP contribution is 2.52. The molecule has 0 spiro atoms. The van der Waals surface area contributed by atoms with Gasteiger partial charge in [-0.1, -0.05) is 72.8 Å². The van der Waals surface area contributed by atoms with Gasteiger partial charge in [-0.2, -0.15) is 0 Å². The zero-order chi connectivity index (χ0) is 28.1. The molecule has 6 heteroatoms. The number of fused-ring (bicyclic) bond motifs is 3. The zero-order valence-corrected chi connectivity index (χ0v) is 23.4. The standard InChI is InChI=1S/C35H26N2O3S/c1-23-16-21-31(37-29-12-6-8-14-32(29)40-33-15-9-7-13-30(33)37)35-34(23)27(24-10-4-3-5-11-24)22-28(36-35)25-17-19-26(20-18-25)41(2,38)39/h3-22H,1-2H3. The number of ether oxygens (including phenoxy) is 1. The van der Waals surface area contributed by atoms with E-state index in [4.69, 9.17) is 9.72 Å². The van der Waals surface area contributed by atoms with E-state index in [9.17, 15) is 8.42 Å². The normalized spacial score (nSPS) is 12.5. The van der Waals surface area contributed by atoms with Gasteiger partial charge in [0, 0.05) is 17.2 Å². The number of hydrogen-bond acceptors (Lipinski definition) is 5. The molecule has 0 atom stereocenters. The molecule has 1 aliphatic heterocycles. The van der Waals surface area contributed by atoms with Crippen molar-refractivity contribution in [3.05, 3.63) is 127 Å². The Hall–Kier alpha value is -4.94. The summed E-state index contributed by atoms with van der Waals surface area (Å²) in [6, 6.07) is 39.7. The molecule has 1 aliphatic rings.